The minimum absolute atomic E-state index is 0.0370. The summed E-state index contributed by atoms with van der Waals surface area (Å²) < 4.78 is 4.79. The maximum atomic E-state index is 11.3. The van der Waals surface area contributed by atoms with Crippen molar-refractivity contribution in [1.82, 2.24) is 10.2 Å². The number of carbonyl (C=O) groups excluding carboxylic acids is 1. The van der Waals surface area contributed by atoms with Crippen molar-refractivity contribution in [2.45, 2.75) is 13.8 Å². The first-order valence-corrected chi connectivity index (χ1v) is 5.18. The van der Waals surface area contributed by atoms with Crippen LogP contribution < -0.4 is 4.90 Å². The average Bonchev–Trinajstić information content (AvgIpc) is 2.75. The van der Waals surface area contributed by atoms with Gasteiger partial charge in [-0.1, -0.05) is 5.10 Å². The van der Waals surface area contributed by atoms with E-state index in [4.69, 9.17) is 4.74 Å². The maximum Gasteiger partial charge on any atom is 0.366 e. The van der Waals surface area contributed by atoms with E-state index >= 15 is 0 Å². The summed E-state index contributed by atoms with van der Waals surface area (Å²) >= 11 is 0. The quantitative estimate of drug-likeness (QED) is 0.447. The topological polar surface area (TPSA) is 101 Å². The lowest BCUT2D eigenvalue weighted by molar-refractivity contribution is -0.388. The van der Waals surface area contributed by atoms with Crippen molar-refractivity contribution < 1.29 is 14.5 Å². The van der Waals surface area contributed by atoms with Gasteiger partial charge in [0.1, 0.15) is 12.7 Å². The molecule has 0 spiro atoms. The molecule has 8 nitrogen and oxygen atoms in total. The molecule has 0 aliphatic heterocycles. The fourth-order valence-electron chi connectivity index (χ4n) is 1.37. The number of nitrogens with zero attached hydrogens (tertiary/aromatic N) is 3. The molecular weight excluding hydrogens is 228 g/mol. The van der Waals surface area contributed by atoms with E-state index in [-0.39, 0.29) is 24.7 Å². The van der Waals surface area contributed by atoms with Gasteiger partial charge in [-0.2, -0.15) is 0 Å². The smallest absolute Gasteiger partial charge is 0.366 e. The van der Waals surface area contributed by atoms with Crippen LogP contribution in [0.25, 0.3) is 0 Å². The molecule has 0 amide bonds. The summed E-state index contributed by atoms with van der Waals surface area (Å²) in [6.45, 7) is 4.18. The highest BCUT2D eigenvalue weighted by molar-refractivity contribution is 5.77. The van der Waals surface area contributed by atoms with Crippen LogP contribution in [-0.4, -0.2) is 40.8 Å². The summed E-state index contributed by atoms with van der Waals surface area (Å²) in [6, 6.07) is 0. The van der Waals surface area contributed by atoms with Crippen LogP contribution >= 0.6 is 0 Å². The molecule has 0 aromatic carbocycles. The molecule has 0 saturated carbocycles. The van der Waals surface area contributed by atoms with Crippen LogP contribution in [-0.2, 0) is 9.53 Å². The van der Waals surface area contributed by atoms with Gasteiger partial charge >= 0.3 is 11.8 Å². The van der Waals surface area contributed by atoms with Crippen LogP contribution in [0.15, 0.2) is 6.20 Å². The Bertz CT molecular complexity index is 403. The summed E-state index contributed by atoms with van der Waals surface area (Å²) in [5.41, 5.74) is 0.283. The Kier molecular flexibility index (Phi) is 4.44. The van der Waals surface area contributed by atoms with E-state index in [9.17, 15) is 14.9 Å². The number of anilines is 1. The van der Waals surface area contributed by atoms with Gasteiger partial charge in [-0.25, -0.2) is 0 Å². The van der Waals surface area contributed by atoms with E-state index in [0.29, 0.717) is 6.54 Å². The number of hydrogen-bond acceptors (Lipinski definition) is 6. The molecular formula is C9H14N4O4. The number of nitrogens with one attached hydrogen (secondary N) is 1. The number of H-pyrrole nitrogens is 1. The lowest BCUT2D eigenvalue weighted by atomic mass is 10.4. The molecule has 1 rings (SSSR count). The van der Waals surface area contributed by atoms with Gasteiger partial charge in [-0.3, -0.25) is 4.79 Å². The van der Waals surface area contributed by atoms with E-state index < -0.39 is 10.9 Å². The van der Waals surface area contributed by atoms with Gasteiger partial charge in [0.05, 0.1) is 6.61 Å². The highest BCUT2D eigenvalue weighted by atomic mass is 16.6. The summed E-state index contributed by atoms with van der Waals surface area (Å²) in [6.07, 6.45) is 1.32. The number of carbonyl (C=O) groups is 1. The predicted molar refractivity (Wildman–Crippen MR) is 59.8 cm³/mol. The molecule has 1 aromatic rings. The Hall–Kier alpha value is -2.12. The number of likely N-dealkylation sites (N-methyl/N-ethyl adjacent to an activating group) is 1. The Labute approximate surface area is 97.7 Å². The molecule has 94 valence electrons. The van der Waals surface area contributed by atoms with Gasteiger partial charge in [-0.15, -0.1) is 5.10 Å². The second-order valence-electron chi connectivity index (χ2n) is 3.18. The SMILES string of the molecule is CCOC(=O)CN(CC)c1cn[nH]c1[N+](=O)[O-]. The zero-order valence-corrected chi connectivity index (χ0v) is 9.67. The van der Waals surface area contributed by atoms with E-state index in [1.54, 1.807) is 13.8 Å². The molecule has 1 heterocycles. The van der Waals surface area contributed by atoms with Gasteiger partial charge in [0, 0.05) is 6.54 Å². The highest BCUT2D eigenvalue weighted by Gasteiger charge is 2.22. The number of aromatic amines is 1. The molecule has 8 heteroatoms. The van der Waals surface area contributed by atoms with Crippen molar-refractivity contribution in [3.63, 3.8) is 0 Å². The first-order chi connectivity index (χ1) is 8.10. The van der Waals surface area contributed by atoms with Gasteiger partial charge in [-0.05, 0) is 18.8 Å². The maximum absolute atomic E-state index is 11.3. The third kappa shape index (κ3) is 3.16. The van der Waals surface area contributed by atoms with Crippen LogP contribution in [0.5, 0.6) is 0 Å². The third-order valence-corrected chi connectivity index (χ3v) is 2.13. The van der Waals surface area contributed by atoms with Crippen molar-refractivity contribution in [3.05, 3.63) is 16.3 Å². The molecule has 0 saturated heterocycles. The summed E-state index contributed by atoms with van der Waals surface area (Å²) in [5, 5.41) is 16.6. The lowest BCUT2D eigenvalue weighted by Crippen LogP contribution is -2.31. The standard InChI is InChI=1S/C9H14N4O4/c1-3-12(6-8(14)17-4-2)7-5-10-11-9(7)13(15)16/h5H,3-4,6H2,1-2H3,(H,10,11). The predicted octanol–water partition coefficient (Wildman–Crippen LogP) is 0.707. The van der Waals surface area contributed by atoms with Crippen molar-refractivity contribution in [2.24, 2.45) is 0 Å². The molecule has 1 aromatic heterocycles. The monoisotopic (exact) mass is 242 g/mol. The highest BCUT2D eigenvalue weighted by Crippen LogP contribution is 2.24. The molecule has 0 atom stereocenters. The van der Waals surface area contributed by atoms with Crippen molar-refractivity contribution in [1.29, 1.82) is 0 Å². The zero-order chi connectivity index (χ0) is 12.8. The molecule has 0 fully saturated rings. The first kappa shape index (κ1) is 12.9. The Balaban J connectivity index is 2.82. The van der Waals surface area contributed by atoms with Crippen LogP contribution in [0.3, 0.4) is 0 Å². The Morgan fingerprint density at radius 2 is 2.35 bits per heavy atom. The molecule has 0 unspecified atom stereocenters. The van der Waals surface area contributed by atoms with Crippen molar-refractivity contribution in [2.75, 3.05) is 24.6 Å². The molecule has 0 aliphatic rings. The summed E-state index contributed by atoms with van der Waals surface area (Å²) in [4.78, 5) is 23.0. The van der Waals surface area contributed by atoms with E-state index in [0.717, 1.165) is 0 Å². The second kappa shape index (κ2) is 5.83. The lowest BCUT2D eigenvalue weighted by Gasteiger charge is -2.19. The molecule has 0 aliphatic carbocycles. The van der Waals surface area contributed by atoms with Gasteiger partial charge < -0.3 is 19.8 Å². The number of aromatic nitrogens is 2. The van der Waals surface area contributed by atoms with E-state index in [1.165, 1.54) is 11.1 Å². The molecule has 17 heavy (non-hydrogen) atoms. The van der Waals surface area contributed by atoms with Crippen LogP contribution in [0.4, 0.5) is 11.5 Å². The number of esters is 1. The van der Waals surface area contributed by atoms with Crippen LogP contribution in [0.2, 0.25) is 0 Å². The summed E-state index contributed by atoms with van der Waals surface area (Å²) in [5.74, 6) is -0.652. The third-order valence-electron chi connectivity index (χ3n) is 2.13. The number of hydrogen-bond donors (Lipinski definition) is 1. The normalized spacial score (nSPS) is 10.0. The van der Waals surface area contributed by atoms with Crippen molar-refractivity contribution >= 4 is 17.5 Å². The molecule has 0 bridgehead atoms. The number of rotatable bonds is 6. The Morgan fingerprint density at radius 3 is 2.88 bits per heavy atom. The van der Waals surface area contributed by atoms with Crippen molar-refractivity contribution in [3.8, 4) is 0 Å². The van der Waals surface area contributed by atoms with Gasteiger partial charge in [0.25, 0.3) is 0 Å². The minimum atomic E-state index is -0.573. The zero-order valence-electron chi connectivity index (χ0n) is 9.67. The number of nitro groups is 1. The van der Waals surface area contributed by atoms with Crippen LogP contribution in [0, 0.1) is 10.1 Å². The summed E-state index contributed by atoms with van der Waals surface area (Å²) in [7, 11) is 0. The van der Waals surface area contributed by atoms with Gasteiger partial charge in [0.15, 0.2) is 5.69 Å². The first-order valence-electron chi connectivity index (χ1n) is 5.18. The Morgan fingerprint density at radius 1 is 1.65 bits per heavy atom. The van der Waals surface area contributed by atoms with E-state index in [2.05, 4.69) is 10.2 Å². The fourth-order valence-corrected chi connectivity index (χ4v) is 1.37. The number of ether oxygens (including phenoxy) is 1. The second-order valence-corrected chi connectivity index (χ2v) is 3.18. The minimum Gasteiger partial charge on any atom is -0.465 e. The fraction of sp³-hybridized carbons (Fsp3) is 0.556. The largest absolute Gasteiger partial charge is 0.465 e. The average molecular weight is 242 g/mol. The molecule has 0 radical (unpaired) electrons. The van der Waals surface area contributed by atoms with Crippen LogP contribution in [0.1, 0.15) is 13.8 Å². The molecule has 1 N–H and O–H groups in total. The van der Waals surface area contributed by atoms with E-state index in [1.807, 2.05) is 0 Å². The van der Waals surface area contributed by atoms with Gasteiger partial charge in [0.2, 0.25) is 0 Å².